The van der Waals surface area contributed by atoms with E-state index in [2.05, 4.69) is 5.32 Å². The first-order chi connectivity index (χ1) is 16.6. The Morgan fingerprint density at radius 3 is 2.26 bits per heavy atom. The molecular weight excluding hydrogens is 507 g/mol. The predicted molar refractivity (Wildman–Crippen MR) is 141 cm³/mol. The summed E-state index contributed by atoms with van der Waals surface area (Å²) in [5.41, 5.74) is 3.01. The van der Waals surface area contributed by atoms with E-state index in [9.17, 15) is 13.2 Å². The number of aryl methyl sites for hydroxylation is 2. The van der Waals surface area contributed by atoms with E-state index in [0.717, 1.165) is 26.7 Å². The lowest BCUT2D eigenvalue weighted by Crippen LogP contribution is -2.42. The fraction of sp³-hybridized carbons (Fsp3) is 0.269. The van der Waals surface area contributed by atoms with E-state index < -0.39 is 22.5 Å². The molecule has 1 N–H and O–H groups in total. The van der Waals surface area contributed by atoms with Crippen LogP contribution in [-0.4, -0.2) is 28.0 Å². The average Bonchev–Trinajstić information content (AvgIpc) is 2.83. The van der Waals surface area contributed by atoms with E-state index in [1.165, 1.54) is 30.3 Å². The number of nitrogens with one attached hydrogen (secondary N) is 1. The smallest absolute Gasteiger partial charge is 0.264 e. The van der Waals surface area contributed by atoms with Gasteiger partial charge in [0.2, 0.25) is 5.91 Å². The minimum atomic E-state index is -4.06. The highest BCUT2D eigenvalue weighted by molar-refractivity contribution is 7.92. The summed E-state index contributed by atoms with van der Waals surface area (Å²) in [7, 11) is -2.46. The fourth-order valence-electron chi connectivity index (χ4n) is 3.70. The predicted octanol–water partition coefficient (Wildman–Crippen LogP) is 6.08. The molecule has 0 spiro atoms. The van der Waals surface area contributed by atoms with Crippen LogP contribution in [0.15, 0.2) is 65.6 Å². The number of carbonyl (C=O) groups excluding carboxylic acids is 1. The Morgan fingerprint density at radius 1 is 1.00 bits per heavy atom. The SMILES string of the molecule is CCC(NC(=O)CN(c1ccc(Cl)c(Cl)c1)S(=O)(=O)c1ccc(C)cc1)c1ccc(OC)c(C)c1. The number of anilines is 1. The quantitative estimate of drug-likeness (QED) is 0.360. The zero-order chi connectivity index (χ0) is 25.8. The standard InChI is InChI=1S/C26H28Cl2N2O4S/c1-5-24(19-8-13-25(34-4)18(3)14-19)29-26(31)16-30(20-9-12-22(27)23(28)15-20)35(32,33)21-10-6-17(2)7-11-21/h6-15,24H,5,16H2,1-4H3,(H,29,31). The Balaban J connectivity index is 1.93. The van der Waals surface area contributed by atoms with E-state index in [0.29, 0.717) is 6.42 Å². The number of carbonyl (C=O) groups is 1. The molecular formula is C26H28Cl2N2O4S. The monoisotopic (exact) mass is 534 g/mol. The van der Waals surface area contributed by atoms with Crippen LogP contribution in [0.4, 0.5) is 5.69 Å². The fourth-order valence-corrected chi connectivity index (χ4v) is 5.41. The van der Waals surface area contributed by atoms with Crippen LogP contribution in [0, 0.1) is 13.8 Å². The first-order valence-corrected chi connectivity index (χ1v) is 13.2. The van der Waals surface area contributed by atoms with Gasteiger partial charge in [-0.15, -0.1) is 0 Å². The van der Waals surface area contributed by atoms with E-state index in [1.807, 2.05) is 39.0 Å². The molecule has 35 heavy (non-hydrogen) atoms. The Labute approximate surface area is 216 Å². The molecule has 0 saturated carbocycles. The highest BCUT2D eigenvalue weighted by Gasteiger charge is 2.28. The van der Waals surface area contributed by atoms with Gasteiger partial charge >= 0.3 is 0 Å². The number of hydrogen-bond acceptors (Lipinski definition) is 4. The highest BCUT2D eigenvalue weighted by atomic mass is 35.5. The van der Waals surface area contributed by atoms with E-state index in [-0.39, 0.29) is 26.7 Å². The van der Waals surface area contributed by atoms with Gasteiger partial charge in [-0.05, 0) is 67.8 Å². The summed E-state index contributed by atoms with van der Waals surface area (Å²) in [4.78, 5) is 13.2. The molecule has 186 valence electrons. The van der Waals surface area contributed by atoms with Crippen molar-refractivity contribution in [1.29, 1.82) is 0 Å². The van der Waals surface area contributed by atoms with Gasteiger partial charge in [0.15, 0.2) is 0 Å². The van der Waals surface area contributed by atoms with Crippen LogP contribution in [0.2, 0.25) is 10.0 Å². The molecule has 0 radical (unpaired) electrons. The summed E-state index contributed by atoms with van der Waals surface area (Å²) >= 11 is 12.2. The molecule has 0 bridgehead atoms. The maximum absolute atomic E-state index is 13.6. The van der Waals surface area contributed by atoms with Crippen molar-refractivity contribution in [2.24, 2.45) is 0 Å². The summed E-state index contributed by atoms with van der Waals surface area (Å²) in [6.07, 6.45) is 0.620. The number of benzene rings is 3. The van der Waals surface area contributed by atoms with Crippen LogP contribution in [0.1, 0.15) is 36.1 Å². The van der Waals surface area contributed by atoms with Crippen molar-refractivity contribution in [1.82, 2.24) is 5.32 Å². The van der Waals surface area contributed by atoms with Crippen LogP contribution >= 0.6 is 23.2 Å². The average molecular weight is 535 g/mol. The lowest BCUT2D eigenvalue weighted by Gasteiger charge is -2.26. The van der Waals surface area contributed by atoms with Gasteiger partial charge in [0.05, 0.1) is 33.8 Å². The molecule has 1 unspecified atom stereocenters. The van der Waals surface area contributed by atoms with E-state index >= 15 is 0 Å². The summed E-state index contributed by atoms with van der Waals surface area (Å²) in [5.74, 6) is 0.303. The Morgan fingerprint density at radius 2 is 1.69 bits per heavy atom. The van der Waals surface area contributed by atoms with Gasteiger partial charge in [0, 0.05) is 0 Å². The normalized spacial score (nSPS) is 12.2. The molecule has 1 atom stereocenters. The number of methoxy groups -OCH3 is 1. The summed E-state index contributed by atoms with van der Waals surface area (Å²) in [5, 5.41) is 3.44. The molecule has 0 aliphatic rings. The van der Waals surface area contributed by atoms with Gasteiger partial charge in [-0.3, -0.25) is 9.10 Å². The molecule has 3 aromatic rings. The molecule has 0 fully saturated rings. The van der Waals surface area contributed by atoms with Crippen LogP contribution in [0.3, 0.4) is 0 Å². The van der Waals surface area contributed by atoms with Crippen molar-refractivity contribution in [3.8, 4) is 5.75 Å². The molecule has 6 nitrogen and oxygen atoms in total. The van der Waals surface area contributed by atoms with Crippen LogP contribution in [-0.2, 0) is 14.8 Å². The van der Waals surface area contributed by atoms with Gasteiger partial charge in [-0.1, -0.05) is 60.0 Å². The minimum absolute atomic E-state index is 0.0693. The minimum Gasteiger partial charge on any atom is -0.496 e. The number of sulfonamides is 1. The Kier molecular flexibility index (Phi) is 8.70. The molecule has 0 saturated heterocycles. The number of halogens is 2. The van der Waals surface area contributed by atoms with Crippen LogP contribution < -0.4 is 14.4 Å². The molecule has 0 aromatic heterocycles. The van der Waals surface area contributed by atoms with Gasteiger partial charge in [-0.25, -0.2) is 8.42 Å². The topological polar surface area (TPSA) is 75.7 Å². The number of nitrogens with zero attached hydrogens (tertiary/aromatic N) is 1. The highest BCUT2D eigenvalue weighted by Crippen LogP contribution is 2.31. The maximum atomic E-state index is 13.6. The third-order valence-corrected chi connectivity index (χ3v) is 8.18. The van der Waals surface area contributed by atoms with Gasteiger partial charge < -0.3 is 10.1 Å². The lowest BCUT2D eigenvalue weighted by atomic mass is 10.0. The molecule has 3 aromatic carbocycles. The first-order valence-electron chi connectivity index (χ1n) is 11.0. The summed E-state index contributed by atoms with van der Waals surface area (Å²) < 4.78 is 33.5. The van der Waals surface area contributed by atoms with E-state index in [1.54, 1.807) is 19.2 Å². The van der Waals surface area contributed by atoms with Crippen LogP contribution in [0.5, 0.6) is 5.75 Å². The summed E-state index contributed by atoms with van der Waals surface area (Å²) in [6.45, 7) is 5.31. The van der Waals surface area contributed by atoms with Crippen molar-refractivity contribution >= 4 is 44.8 Å². The second kappa shape index (κ2) is 11.3. The van der Waals surface area contributed by atoms with E-state index in [4.69, 9.17) is 27.9 Å². The van der Waals surface area contributed by atoms with Crippen molar-refractivity contribution in [3.05, 3.63) is 87.4 Å². The zero-order valence-electron chi connectivity index (χ0n) is 20.0. The van der Waals surface area contributed by atoms with Gasteiger partial charge in [-0.2, -0.15) is 0 Å². The summed E-state index contributed by atoms with van der Waals surface area (Å²) in [6, 6.07) is 16.3. The second-order valence-electron chi connectivity index (χ2n) is 8.18. The van der Waals surface area contributed by atoms with Gasteiger partial charge in [0.25, 0.3) is 10.0 Å². The largest absolute Gasteiger partial charge is 0.496 e. The van der Waals surface area contributed by atoms with Crippen molar-refractivity contribution in [3.63, 3.8) is 0 Å². The molecule has 0 heterocycles. The lowest BCUT2D eigenvalue weighted by molar-refractivity contribution is -0.120. The van der Waals surface area contributed by atoms with Crippen molar-refractivity contribution in [2.75, 3.05) is 18.0 Å². The zero-order valence-corrected chi connectivity index (χ0v) is 22.3. The third-order valence-electron chi connectivity index (χ3n) is 5.65. The molecule has 0 aliphatic carbocycles. The number of rotatable bonds is 9. The molecule has 9 heteroatoms. The Bertz CT molecular complexity index is 1310. The number of ether oxygens (including phenoxy) is 1. The molecule has 0 aliphatic heterocycles. The second-order valence-corrected chi connectivity index (χ2v) is 10.9. The molecule has 1 amide bonds. The number of hydrogen-bond donors (Lipinski definition) is 1. The van der Waals surface area contributed by atoms with Gasteiger partial charge in [0.1, 0.15) is 12.3 Å². The van der Waals surface area contributed by atoms with Crippen LogP contribution in [0.25, 0.3) is 0 Å². The first kappa shape index (κ1) is 26.9. The van der Waals surface area contributed by atoms with Crippen molar-refractivity contribution in [2.45, 2.75) is 38.1 Å². The third kappa shape index (κ3) is 6.28. The Hall–Kier alpha value is -2.74. The number of amides is 1. The molecule has 3 rings (SSSR count). The maximum Gasteiger partial charge on any atom is 0.264 e. The van der Waals surface area contributed by atoms with Crippen molar-refractivity contribution < 1.29 is 17.9 Å².